The Balaban J connectivity index is 1.96. The van der Waals surface area contributed by atoms with Crippen LogP contribution in [0.25, 0.3) is 16.9 Å². The summed E-state index contributed by atoms with van der Waals surface area (Å²) in [5.41, 5.74) is 8.56. The molecule has 1 aromatic heterocycles. The minimum Gasteiger partial charge on any atom is -0.497 e. The highest BCUT2D eigenvalue weighted by molar-refractivity contribution is 7.98. The highest BCUT2D eigenvalue weighted by atomic mass is 32.2. The number of ether oxygens (including phenoxy) is 2. The number of hydrogen-bond donors (Lipinski definition) is 1. The predicted octanol–water partition coefficient (Wildman–Crippen LogP) is 3.61. The van der Waals surface area contributed by atoms with Crippen molar-refractivity contribution in [2.75, 3.05) is 26.5 Å². The average molecular weight is 355 g/mol. The summed E-state index contributed by atoms with van der Waals surface area (Å²) in [7, 11) is 1.66. The zero-order chi connectivity index (χ0) is 17.6. The molecular weight excluding hydrogens is 334 g/mol. The molecule has 0 radical (unpaired) electrons. The van der Waals surface area contributed by atoms with Crippen molar-refractivity contribution in [3.05, 3.63) is 54.6 Å². The summed E-state index contributed by atoms with van der Waals surface area (Å²) in [5, 5.41) is 5.66. The summed E-state index contributed by atoms with van der Waals surface area (Å²) in [6, 6.07) is 17.9. The topological polar surface area (TPSA) is 62.3 Å². The average Bonchev–Trinajstić information content (AvgIpc) is 3.11. The van der Waals surface area contributed by atoms with Crippen molar-refractivity contribution >= 4 is 11.8 Å². The van der Waals surface area contributed by atoms with Crippen molar-refractivity contribution in [1.29, 1.82) is 0 Å². The van der Waals surface area contributed by atoms with Gasteiger partial charge < -0.3 is 15.2 Å². The summed E-state index contributed by atoms with van der Waals surface area (Å²) in [6.07, 6.45) is 2.02. The zero-order valence-corrected chi connectivity index (χ0v) is 15.1. The van der Waals surface area contributed by atoms with Gasteiger partial charge in [0.2, 0.25) is 0 Å². The summed E-state index contributed by atoms with van der Waals surface area (Å²) < 4.78 is 12.7. The molecule has 2 aromatic carbocycles. The van der Waals surface area contributed by atoms with Gasteiger partial charge in [-0.1, -0.05) is 0 Å². The molecule has 0 saturated heterocycles. The monoisotopic (exact) mass is 355 g/mol. The van der Waals surface area contributed by atoms with E-state index in [1.165, 1.54) is 0 Å². The maximum atomic E-state index is 5.55. The molecular formula is C19H21N3O2S. The van der Waals surface area contributed by atoms with Gasteiger partial charge in [0.25, 0.3) is 0 Å². The minimum atomic E-state index is 0.503. The zero-order valence-electron chi connectivity index (χ0n) is 14.3. The van der Waals surface area contributed by atoms with Crippen LogP contribution >= 0.6 is 11.8 Å². The van der Waals surface area contributed by atoms with E-state index in [0.717, 1.165) is 33.5 Å². The van der Waals surface area contributed by atoms with E-state index >= 15 is 0 Å². The number of benzene rings is 2. The molecule has 0 saturated carbocycles. The number of thioether (sulfide) groups is 1. The van der Waals surface area contributed by atoms with Crippen LogP contribution in [0.3, 0.4) is 0 Å². The van der Waals surface area contributed by atoms with Crippen LogP contribution in [0.4, 0.5) is 0 Å². The highest BCUT2D eigenvalue weighted by Crippen LogP contribution is 2.29. The third-order valence-corrected chi connectivity index (χ3v) is 4.37. The Morgan fingerprint density at radius 3 is 2.32 bits per heavy atom. The van der Waals surface area contributed by atoms with Gasteiger partial charge in [0, 0.05) is 12.1 Å². The lowest BCUT2D eigenvalue weighted by Gasteiger charge is -2.09. The molecule has 1 heterocycles. The fourth-order valence-electron chi connectivity index (χ4n) is 2.48. The van der Waals surface area contributed by atoms with Crippen molar-refractivity contribution in [2.24, 2.45) is 5.73 Å². The quantitative estimate of drug-likeness (QED) is 0.656. The Morgan fingerprint density at radius 1 is 1.04 bits per heavy atom. The molecule has 0 atom stereocenters. The third-order valence-electron chi connectivity index (χ3n) is 3.75. The Bertz CT molecular complexity index is 814. The van der Waals surface area contributed by atoms with Crippen LogP contribution in [-0.2, 0) is 0 Å². The molecule has 0 aliphatic rings. The molecule has 3 aromatic rings. The number of rotatable bonds is 7. The lowest BCUT2D eigenvalue weighted by atomic mass is 10.1. The Labute approximate surface area is 151 Å². The van der Waals surface area contributed by atoms with Gasteiger partial charge in [-0.2, -0.15) is 5.10 Å². The fraction of sp³-hybridized carbons (Fsp3) is 0.211. The molecule has 0 unspecified atom stereocenters. The van der Waals surface area contributed by atoms with E-state index in [-0.39, 0.29) is 0 Å². The van der Waals surface area contributed by atoms with Crippen molar-refractivity contribution in [3.8, 4) is 28.4 Å². The first kappa shape index (κ1) is 17.4. The van der Waals surface area contributed by atoms with Crippen molar-refractivity contribution in [2.45, 2.75) is 5.03 Å². The largest absolute Gasteiger partial charge is 0.497 e. The van der Waals surface area contributed by atoms with E-state index in [9.17, 15) is 0 Å². The molecule has 2 N–H and O–H groups in total. The molecule has 25 heavy (non-hydrogen) atoms. The van der Waals surface area contributed by atoms with E-state index < -0.39 is 0 Å². The molecule has 0 aliphatic heterocycles. The molecule has 0 aliphatic carbocycles. The Kier molecular flexibility index (Phi) is 5.63. The van der Waals surface area contributed by atoms with Crippen LogP contribution < -0.4 is 15.2 Å². The fourth-order valence-corrected chi connectivity index (χ4v) is 2.88. The molecule has 6 heteroatoms. The van der Waals surface area contributed by atoms with Gasteiger partial charge in [0.05, 0.1) is 18.5 Å². The summed E-state index contributed by atoms with van der Waals surface area (Å²) >= 11 is 1.62. The second-order valence-corrected chi connectivity index (χ2v) is 6.17. The van der Waals surface area contributed by atoms with Crippen LogP contribution in [0.15, 0.2) is 59.6 Å². The molecule has 130 valence electrons. The van der Waals surface area contributed by atoms with Gasteiger partial charge in [-0.3, -0.25) is 0 Å². The predicted molar refractivity (Wildman–Crippen MR) is 102 cm³/mol. The van der Waals surface area contributed by atoms with E-state index in [2.05, 4.69) is 6.07 Å². The van der Waals surface area contributed by atoms with Crippen molar-refractivity contribution < 1.29 is 9.47 Å². The van der Waals surface area contributed by atoms with Gasteiger partial charge in [-0.15, -0.1) is 11.8 Å². The molecule has 0 fully saturated rings. The SMILES string of the molecule is COc1ccc(-n2nc(SC)cc2-c2ccc(OCCN)cc2)cc1. The second kappa shape index (κ2) is 8.09. The third kappa shape index (κ3) is 3.97. The lowest BCUT2D eigenvalue weighted by molar-refractivity contribution is 0.328. The lowest BCUT2D eigenvalue weighted by Crippen LogP contribution is -2.10. The normalized spacial score (nSPS) is 10.7. The number of hydrogen-bond acceptors (Lipinski definition) is 5. The van der Waals surface area contributed by atoms with Crippen LogP contribution in [0.5, 0.6) is 11.5 Å². The first-order chi connectivity index (χ1) is 12.2. The Morgan fingerprint density at radius 2 is 1.72 bits per heavy atom. The first-order valence-electron chi connectivity index (χ1n) is 7.97. The van der Waals surface area contributed by atoms with Crippen molar-refractivity contribution in [1.82, 2.24) is 9.78 Å². The van der Waals surface area contributed by atoms with Gasteiger partial charge in [-0.05, 0) is 60.9 Å². The molecule has 3 rings (SSSR count). The summed E-state index contributed by atoms with van der Waals surface area (Å²) in [6.45, 7) is 1.02. The number of methoxy groups -OCH3 is 1. The molecule has 0 spiro atoms. The highest BCUT2D eigenvalue weighted by Gasteiger charge is 2.12. The van der Waals surface area contributed by atoms with Crippen LogP contribution in [0.1, 0.15) is 0 Å². The van der Waals surface area contributed by atoms with Gasteiger partial charge in [0.15, 0.2) is 0 Å². The number of nitrogens with two attached hydrogens (primary N) is 1. The Hall–Kier alpha value is -2.44. The van der Waals surface area contributed by atoms with E-state index in [0.29, 0.717) is 13.2 Å². The van der Waals surface area contributed by atoms with Crippen LogP contribution in [0.2, 0.25) is 0 Å². The van der Waals surface area contributed by atoms with Gasteiger partial charge >= 0.3 is 0 Å². The molecule has 5 nitrogen and oxygen atoms in total. The van der Waals surface area contributed by atoms with Crippen molar-refractivity contribution in [3.63, 3.8) is 0 Å². The number of nitrogens with zero attached hydrogens (tertiary/aromatic N) is 2. The van der Waals surface area contributed by atoms with Crippen LogP contribution in [-0.4, -0.2) is 36.3 Å². The van der Waals surface area contributed by atoms with Gasteiger partial charge in [-0.25, -0.2) is 4.68 Å². The smallest absolute Gasteiger partial charge is 0.119 e. The first-order valence-corrected chi connectivity index (χ1v) is 9.19. The maximum absolute atomic E-state index is 5.55. The van der Waals surface area contributed by atoms with E-state index in [1.807, 2.05) is 59.5 Å². The maximum Gasteiger partial charge on any atom is 0.119 e. The second-order valence-electron chi connectivity index (χ2n) is 5.34. The van der Waals surface area contributed by atoms with E-state index in [4.69, 9.17) is 20.3 Å². The summed E-state index contributed by atoms with van der Waals surface area (Å²) in [4.78, 5) is 0. The van der Waals surface area contributed by atoms with Gasteiger partial charge in [0.1, 0.15) is 23.1 Å². The molecule has 0 amide bonds. The standard InChI is InChI=1S/C19H21N3O2S/c1-23-16-9-5-15(6-10-16)22-18(13-19(21-22)25-2)14-3-7-17(8-4-14)24-12-11-20/h3-10,13H,11-12,20H2,1-2H3. The van der Waals surface area contributed by atoms with Crippen LogP contribution in [0, 0.1) is 0 Å². The molecule has 0 bridgehead atoms. The minimum absolute atomic E-state index is 0.503. The summed E-state index contributed by atoms with van der Waals surface area (Å²) in [5.74, 6) is 1.64. The van der Waals surface area contributed by atoms with E-state index in [1.54, 1.807) is 18.9 Å². The number of aromatic nitrogens is 2.